The van der Waals surface area contributed by atoms with Gasteiger partial charge in [-0.1, -0.05) is 36.4 Å². The summed E-state index contributed by atoms with van der Waals surface area (Å²) >= 11 is 0. The molecule has 0 aromatic heterocycles. The fraction of sp³-hybridized carbons (Fsp3) is 0.278. The molecule has 2 N–H and O–H groups in total. The van der Waals surface area contributed by atoms with Crippen LogP contribution in [0.3, 0.4) is 0 Å². The van der Waals surface area contributed by atoms with Gasteiger partial charge in [0, 0.05) is 24.7 Å². The highest BCUT2D eigenvalue weighted by atomic mass is 35.5. The van der Waals surface area contributed by atoms with Gasteiger partial charge in [-0.3, -0.25) is 4.79 Å². The van der Waals surface area contributed by atoms with Crippen LogP contribution in [0.2, 0.25) is 0 Å². The molecule has 1 unspecified atom stereocenters. The number of carbonyl (C=O) groups is 1. The van der Waals surface area contributed by atoms with E-state index in [9.17, 15) is 4.79 Å². The van der Waals surface area contributed by atoms with Gasteiger partial charge in [0.25, 0.3) is 0 Å². The molecule has 0 saturated carbocycles. The molecule has 0 fully saturated rings. The topological polar surface area (TPSA) is 46.3 Å². The second-order valence-electron chi connectivity index (χ2n) is 5.69. The Bertz CT molecular complexity index is 655. The van der Waals surface area contributed by atoms with Gasteiger partial charge in [-0.15, -0.1) is 12.4 Å². The van der Waals surface area contributed by atoms with E-state index in [1.165, 1.54) is 16.7 Å². The normalized spacial score (nSPS) is 14.2. The number of nitrogens with two attached hydrogens (primary N) is 1. The Morgan fingerprint density at radius 1 is 1.18 bits per heavy atom. The van der Waals surface area contributed by atoms with Crippen LogP contribution < -0.4 is 10.6 Å². The van der Waals surface area contributed by atoms with Gasteiger partial charge in [0.05, 0.1) is 0 Å². The van der Waals surface area contributed by atoms with Crippen molar-refractivity contribution in [3.05, 3.63) is 54.1 Å². The SMILES string of the molecule is CC(N)CC(=O)N1CCc2cc(-c3ccccc3)ccc21.Cl. The lowest BCUT2D eigenvalue weighted by Crippen LogP contribution is -2.33. The number of benzene rings is 2. The fourth-order valence-electron chi connectivity index (χ4n) is 2.86. The zero-order valence-corrected chi connectivity index (χ0v) is 13.5. The van der Waals surface area contributed by atoms with Gasteiger partial charge >= 0.3 is 0 Å². The molecular weight excluding hydrogens is 296 g/mol. The first-order valence-corrected chi connectivity index (χ1v) is 7.39. The number of fused-ring (bicyclic) bond motifs is 1. The molecule has 0 bridgehead atoms. The number of hydrogen-bond acceptors (Lipinski definition) is 2. The Labute approximate surface area is 137 Å². The number of anilines is 1. The fourth-order valence-corrected chi connectivity index (χ4v) is 2.86. The number of carbonyl (C=O) groups excluding carboxylic acids is 1. The lowest BCUT2D eigenvalue weighted by molar-refractivity contribution is -0.118. The zero-order valence-electron chi connectivity index (χ0n) is 12.7. The minimum Gasteiger partial charge on any atom is -0.327 e. The summed E-state index contributed by atoms with van der Waals surface area (Å²) in [6, 6.07) is 16.6. The van der Waals surface area contributed by atoms with E-state index < -0.39 is 0 Å². The van der Waals surface area contributed by atoms with E-state index in [0.29, 0.717) is 6.42 Å². The molecular formula is C18H21ClN2O. The third kappa shape index (κ3) is 3.32. The molecule has 116 valence electrons. The van der Waals surface area contributed by atoms with Gasteiger partial charge in [-0.25, -0.2) is 0 Å². The third-order valence-electron chi connectivity index (χ3n) is 3.88. The van der Waals surface area contributed by atoms with E-state index in [4.69, 9.17) is 5.73 Å². The summed E-state index contributed by atoms with van der Waals surface area (Å²) in [6.07, 6.45) is 1.32. The van der Waals surface area contributed by atoms with Crippen molar-refractivity contribution in [1.29, 1.82) is 0 Å². The van der Waals surface area contributed by atoms with Gasteiger partial charge in [-0.05, 0) is 42.2 Å². The van der Waals surface area contributed by atoms with Crippen molar-refractivity contribution in [3.63, 3.8) is 0 Å². The van der Waals surface area contributed by atoms with Crippen LogP contribution in [-0.2, 0) is 11.2 Å². The summed E-state index contributed by atoms with van der Waals surface area (Å²) in [7, 11) is 0. The van der Waals surface area contributed by atoms with E-state index in [2.05, 4.69) is 30.3 Å². The summed E-state index contributed by atoms with van der Waals surface area (Å²) in [5.74, 6) is 0.121. The van der Waals surface area contributed by atoms with Crippen molar-refractivity contribution in [2.75, 3.05) is 11.4 Å². The summed E-state index contributed by atoms with van der Waals surface area (Å²) in [6.45, 7) is 2.63. The van der Waals surface area contributed by atoms with Crippen LogP contribution in [0, 0.1) is 0 Å². The second-order valence-corrected chi connectivity index (χ2v) is 5.69. The van der Waals surface area contributed by atoms with Crippen LogP contribution in [0.25, 0.3) is 11.1 Å². The Hall–Kier alpha value is -1.84. The highest BCUT2D eigenvalue weighted by Gasteiger charge is 2.25. The Morgan fingerprint density at radius 3 is 2.59 bits per heavy atom. The molecule has 0 radical (unpaired) electrons. The molecule has 2 aromatic carbocycles. The largest absolute Gasteiger partial charge is 0.327 e. The molecule has 0 saturated heterocycles. The van der Waals surface area contributed by atoms with Crippen LogP contribution in [0.4, 0.5) is 5.69 Å². The van der Waals surface area contributed by atoms with Crippen molar-refractivity contribution in [2.45, 2.75) is 25.8 Å². The average Bonchev–Trinajstić information content (AvgIpc) is 2.90. The van der Waals surface area contributed by atoms with Crippen molar-refractivity contribution in [2.24, 2.45) is 5.73 Å². The molecule has 3 rings (SSSR count). The van der Waals surface area contributed by atoms with Crippen LogP contribution >= 0.6 is 12.4 Å². The molecule has 3 nitrogen and oxygen atoms in total. The quantitative estimate of drug-likeness (QED) is 0.943. The average molecular weight is 317 g/mol. The lowest BCUT2D eigenvalue weighted by atomic mass is 10.0. The predicted octanol–water partition coefficient (Wildman–Crippen LogP) is 3.40. The predicted molar refractivity (Wildman–Crippen MR) is 93.4 cm³/mol. The molecule has 2 aromatic rings. The first-order chi connectivity index (χ1) is 10.1. The molecule has 1 atom stereocenters. The van der Waals surface area contributed by atoms with E-state index in [1.54, 1.807) is 0 Å². The van der Waals surface area contributed by atoms with Gasteiger partial charge in [0.1, 0.15) is 0 Å². The minimum absolute atomic E-state index is 0. The monoisotopic (exact) mass is 316 g/mol. The highest BCUT2D eigenvalue weighted by Crippen LogP contribution is 2.32. The Kier molecular flexibility index (Phi) is 5.22. The molecule has 1 aliphatic rings. The number of halogens is 1. The van der Waals surface area contributed by atoms with Crippen molar-refractivity contribution < 1.29 is 4.79 Å². The highest BCUT2D eigenvalue weighted by molar-refractivity contribution is 5.96. The van der Waals surface area contributed by atoms with E-state index in [-0.39, 0.29) is 24.4 Å². The zero-order chi connectivity index (χ0) is 14.8. The summed E-state index contributed by atoms with van der Waals surface area (Å²) in [4.78, 5) is 14.1. The van der Waals surface area contributed by atoms with Crippen LogP contribution in [0.15, 0.2) is 48.5 Å². The maximum Gasteiger partial charge on any atom is 0.228 e. The first-order valence-electron chi connectivity index (χ1n) is 7.39. The van der Waals surface area contributed by atoms with Gasteiger partial charge in [0.2, 0.25) is 5.91 Å². The number of rotatable bonds is 3. The summed E-state index contributed by atoms with van der Waals surface area (Å²) < 4.78 is 0. The lowest BCUT2D eigenvalue weighted by Gasteiger charge is -2.18. The summed E-state index contributed by atoms with van der Waals surface area (Å²) in [5, 5.41) is 0. The van der Waals surface area contributed by atoms with Crippen LogP contribution in [0.5, 0.6) is 0 Å². The molecule has 1 amide bonds. The maximum atomic E-state index is 12.2. The molecule has 0 spiro atoms. The maximum absolute atomic E-state index is 12.2. The standard InChI is InChI=1S/C18H20N2O.ClH/c1-13(19)11-18(21)20-10-9-16-12-15(7-8-17(16)20)14-5-3-2-4-6-14;/h2-8,12-13H,9-11,19H2,1H3;1H. The van der Waals surface area contributed by atoms with Gasteiger partial charge < -0.3 is 10.6 Å². The van der Waals surface area contributed by atoms with Crippen LogP contribution in [0.1, 0.15) is 18.9 Å². The smallest absolute Gasteiger partial charge is 0.228 e. The molecule has 0 aliphatic carbocycles. The molecule has 22 heavy (non-hydrogen) atoms. The minimum atomic E-state index is -0.0925. The summed E-state index contributed by atoms with van der Waals surface area (Å²) in [5.41, 5.74) is 10.4. The number of amides is 1. The molecule has 4 heteroatoms. The first kappa shape index (κ1) is 16.5. The Balaban J connectivity index is 0.00000176. The van der Waals surface area contributed by atoms with Gasteiger partial charge in [-0.2, -0.15) is 0 Å². The van der Waals surface area contributed by atoms with Crippen molar-refractivity contribution in [3.8, 4) is 11.1 Å². The Morgan fingerprint density at radius 2 is 1.91 bits per heavy atom. The molecule has 1 aliphatic heterocycles. The third-order valence-corrected chi connectivity index (χ3v) is 3.88. The van der Waals surface area contributed by atoms with E-state index in [1.807, 2.05) is 30.0 Å². The molecule has 1 heterocycles. The number of nitrogens with zero attached hydrogens (tertiary/aromatic N) is 1. The van der Waals surface area contributed by atoms with Crippen molar-refractivity contribution in [1.82, 2.24) is 0 Å². The van der Waals surface area contributed by atoms with Crippen molar-refractivity contribution >= 4 is 24.0 Å². The second kappa shape index (κ2) is 6.95. The van der Waals surface area contributed by atoms with Crippen LogP contribution in [-0.4, -0.2) is 18.5 Å². The van der Waals surface area contributed by atoms with E-state index >= 15 is 0 Å². The number of hydrogen-bond donors (Lipinski definition) is 1. The van der Waals surface area contributed by atoms with E-state index in [0.717, 1.165) is 18.7 Å². The van der Waals surface area contributed by atoms with Gasteiger partial charge in [0.15, 0.2) is 0 Å².